The molecule has 19 heavy (non-hydrogen) atoms. The molecule has 0 aliphatic carbocycles. The van der Waals surface area contributed by atoms with Crippen LogP contribution in [0.2, 0.25) is 0 Å². The van der Waals surface area contributed by atoms with Crippen molar-refractivity contribution in [3.63, 3.8) is 0 Å². The number of nitrogens with one attached hydrogen (secondary N) is 1. The van der Waals surface area contributed by atoms with Crippen LogP contribution < -0.4 is 5.32 Å². The zero-order valence-corrected chi connectivity index (χ0v) is 13.0. The van der Waals surface area contributed by atoms with E-state index >= 15 is 0 Å². The zero-order chi connectivity index (χ0) is 13.8. The van der Waals surface area contributed by atoms with Crippen LogP contribution in [0.15, 0.2) is 27.5 Å². The first-order valence-electron chi connectivity index (χ1n) is 6.48. The summed E-state index contributed by atoms with van der Waals surface area (Å²) in [4.78, 5) is 4.35. The van der Waals surface area contributed by atoms with Gasteiger partial charge in [-0.15, -0.1) is 0 Å². The molecule has 2 rings (SSSR count). The van der Waals surface area contributed by atoms with Crippen LogP contribution in [-0.2, 0) is 6.42 Å². The van der Waals surface area contributed by atoms with Crippen molar-refractivity contribution in [3.05, 3.63) is 34.7 Å². The summed E-state index contributed by atoms with van der Waals surface area (Å²) in [5.41, 5.74) is 0. The van der Waals surface area contributed by atoms with Crippen LogP contribution in [0.25, 0.3) is 0 Å². The number of furan rings is 1. The molecule has 1 atom stereocenters. The van der Waals surface area contributed by atoms with Crippen molar-refractivity contribution >= 4 is 15.9 Å². The quantitative estimate of drug-likeness (QED) is 0.886. The molecule has 5 nitrogen and oxygen atoms in total. The molecule has 0 bridgehead atoms. The van der Waals surface area contributed by atoms with Crippen molar-refractivity contribution in [2.24, 2.45) is 0 Å². The molecule has 2 heterocycles. The average Bonchev–Trinajstić information content (AvgIpc) is 2.97. The van der Waals surface area contributed by atoms with Crippen molar-refractivity contribution in [1.82, 2.24) is 20.1 Å². The molecule has 1 N–H and O–H groups in total. The second kappa shape index (κ2) is 6.34. The Hall–Kier alpha value is -1.14. The first-order chi connectivity index (χ1) is 9.11. The fourth-order valence-electron chi connectivity index (χ4n) is 2.07. The molecule has 2 aromatic rings. The van der Waals surface area contributed by atoms with Crippen molar-refractivity contribution in [2.45, 2.75) is 39.3 Å². The summed E-state index contributed by atoms with van der Waals surface area (Å²) in [6, 6.07) is 4.31. The standard InChI is InChI=1S/C13H19BrN4O/c1-4-15-10(11-5-6-12(14)19-11)7-13-16-8-17-18(13)9(2)3/h5-6,8-10,15H,4,7H2,1-3H3. The highest BCUT2D eigenvalue weighted by Crippen LogP contribution is 2.23. The van der Waals surface area contributed by atoms with Crippen molar-refractivity contribution in [1.29, 1.82) is 0 Å². The van der Waals surface area contributed by atoms with Crippen molar-refractivity contribution in [3.8, 4) is 0 Å². The minimum atomic E-state index is 0.109. The smallest absolute Gasteiger partial charge is 0.169 e. The summed E-state index contributed by atoms with van der Waals surface area (Å²) in [5.74, 6) is 1.88. The van der Waals surface area contributed by atoms with Gasteiger partial charge < -0.3 is 9.73 Å². The Labute approximate surface area is 121 Å². The van der Waals surface area contributed by atoms with Crippen LogP contribution in [0.3, 0.4) is 0 Å². The van der Waals surface area contributed by atoms with Gasteiger partial charge in [-0.3, -0.25) is 0 Å². The average molecular weight is 327 g/mol. The van der Waals surface area contributed by atoms with Crippen LogP contribution >= 0.6 is 15.9 Å². The van der Waals surface area contributed by atoms with Gasteiger partial charge in [-0.2, -0.15) is 5.10 Å². The molecule has 2 aromatic heterocycles. The molecule has 0 aliphatic heterocycles. The predicted molar refractivity (Wildman–Crippen MR) is 76.9 cm³/mol. The number of likely N-dealkylation sites (N-methyl/N-ethyl adjacent to an activating group) is 1. The maximum atomic E-state index is 5.64. The van der Waals surface area contributed by atoms with E-state index in [-0.39, 0.29) is 6.04 Å². The summed E-state index contributed by atoms with van der Waals surface area (Å²) in [7, 11) is 0. The van der Waals surface area contributed by atoms with Crippen LogP contribution in [0.5, 0.6) is 0 Å². The van der Waals surface area contributed by atoms with Gasteiger partial charge in [0.1, 0.15) is 17.9 Å². The second-order valence-electron chi connectivity index (χ2n) is 4.67. The van der Waals surface area contributed by atoms with E-state index in [0.717, 1.165) is 29.2 Å². The molecule has 0 saturated heterocycles. The lowest BCUT2D eigenvalue weighted by Crippen LogP contribution is -2.24. The van der Waals surface area contributed by atoms with Gasteiger partial charge in [0.05, 0.1) is 6.04 Å². The molecule has 0 aliphatic rings. The van der Waals surface area contributed by atoms with Crippen LogP contribution in [-0.4, -0.2) is 21.3 Å². The highest BCUT2D eigenvalue weighted by atomic mass is 79.9. The van der Waals surface area contributed by atoms with Crippen LogP contribution in [0.1, 0.15) is 44.4 Å². The highest BCUT2D eigenvalue weighted by Gasteiger charge is 2.19. The third-order valence-corrected chi connectivity index (χ3v) is 3.34. The van der Waals surface area contributed by atoms with Gasteiger partial charge in [0.25, 0.3) is 0 Å². The normalized spacial score (nSPS) is 13.1. The lowest BCUT2D eigenvalue weighted by molar-refractivity contribution is 0.390. The van der Waals surface area contributed by atoms with Gasteiger partial charge in [-0.25, -0.2) is 9.67 Å². The third-order valence-electron chi connectivity index (χ3n) is 2.91. The van der Waals surface area contributed by atoms with Gasteiger partial charge in [0.2, 0.25) is 0 Å². The van der Waals surface area contributed by atoms with E-state index < -0.39 is 0 Å². The Morgan fingerprint density at radius 3 is 2.79 bits per heavy atom. The van der Waals surface area contributed by atoms with Crippen LogP contribution in [0, 0.1) is 0 Å². The van der Waals surface area contributed by atoms with Crippen LogP contribution in [0.4, 0.5) is 0 Å². The van der Waals surface area contributed by atoms with E-state index in [9.17, 15) is 0 Å². The second-order valence-corrected chi connectivity index (χ2v) is 5.45. The van der Waals surface area contributed by atoms with Gasteiger partial charge in [-0.05, 0) is 48.5 Å². The monoisotopic (exact) mass is 326 g/mol. The van der Waals surface area contributed by atoms with Crippen molar-refractivity contribution in [2.75, 3.05) is 6.54 Å². The molecule has 0 fully saturated rings. The van der Waals surface area contributed by atoms with E-state index in [1.54, 1.807) is 6.33 Å². The number of hydrogen-bond donors (Lipinski definition) is 1. The predicted octanol–water partition coefficient (Wildman–Crippen LogP) is 3.11. The Balaban J connectivity index is 2.19. The largest absolute Gasteiger partial charge is 0.453 e. The van der Waals surface area contributed by atoms with E-state index in [0.29, 0.717) is 6.04 Å². The number of aromatic nitrogens is 3. The number of rotatable bonds is 6. The Kier molecular flexibility index (Phi) is 4.76. The molecular weight excluding hydrogens is 308 g/mol. The van der Waals surface area contributed by atoms with E-state index in [4.69, 9.17) is 4.42 Å². The fourth-order valence-corrected chi connectivity index (χ4v) is 2.39. The van der Waals surface area contributed by atoms with Gasteiger partial charge in [-0.1, -0.05) is 6.92 Å². The van der Waals surface area contributed by atoms with E-state index in [2.05, 4.69) is 52.1 Å². The Morgan fingerprint density at radius 1 is 1.42 bits per heavy atom. The zero-order valence-electron chi connectivity index (χ0n) is 11.4. The van der Waals surface area contributed by atoms with Gasteiger partial charge >= 0.3 is 0 Å². The lowest BCUT2D eigenvalue weighted by Gasteiger charge is -2.16. The number of hydrogen-bond acceptors (Lipinski definition) is 4. The Morgan fingerprint density at radius 2 is 2.21 bits per heavy atom. The summed E-state index contributed by atoms with van der Waals surface area (Å²) in [6.45, 7) is 7.16. The fraction of sp³-hybridized carbons (Fsp3) is 0.538. The summed E-state index contributed by atoms with van der Waals surface area (Å²) >= 11 is 3.34. The maximum absolute atomic E-state index is 5.64. The summed E-state index contributed by atoms with van der Waals surface area (Å²) in [5, 5.41) is 7.69. The molecule has 0 saturated carbocycles. The molecular formula is C13H19BrN4O. The molecule has 0 aromatic carbocycles. The minimum absolute atomic E-state index is 0.109. The maximum Gasteiger partial charge on any atom is 0.169 e. The summed E-state index contributed by atoms with van der Waals surface area (Å²) < 4.78 is 8.34. The lowest BCUT2D eigenvalue weighted by atomic mass is 10.1. The van der Waals surface area contributed by atoms with Gasteiger partial charge in [0.15, 0.2) is 4.67 Å². The van der Waals surface area contributed by atoms with E-state index in [1.165, 1.54) is 0 Å². The Bertz CT molecular complexity index is 520. The number of nitrogens with zero attached hydrogens (tertiary/aromatic N) is 3. The van der Waals surface area contributed by atoms with Gasteiger partial charge in [0, 0.05) is 12.5 Å². The van der Waals surface area contributed by atoms with Crippen molar-refractivity contribution < 1.29 is 4.42 Å². The minimum Gasteiger partial charge on any atom is -0.453 e. The SMILES string of the molecule is CCNC(Cc1ncnn1C(C)C)c1ccc(Br)o1. The molecule has 6 heteroatoms. The number of halogens is 1. The third kappa shape index (κ3) is 3.45. The van der Waals surface area contributed by atoms with E-state index in [1.807, 2.05) is 16.8 Å². The highest BCUT2D eigenvalue weighted by molar-refractivity contribution is 9.10. The molecule has 104 valence electrons. The molecule has 1 unspecified atom stereocenters. The summed E-state index contributed by atoms with van der Waals surface area (Å²) in [6.07, 6.45) is 2.36. The molecule has 0 radical (unpaired) electrons. The topological polar surface area (TPSA) is 55.9 Å². The molecule has 0 amide bonds. The first-order valence-corrected chi connectivity index (χ1v) is 7.28. The first kappa shape index (κ1) is 14.3. The molecule has 0 spiro atoms.